The number of aromatic nitrogens is 4. The van der Waals surface area contributed by atoms with Crippen molar-refractivity contribution in [2.45, 2.75) is 11.6 Å². The molecule has 0 radical (unpaired) electrons. The van der Waals surface area contributed by atoms with E-state index in [4.69, 9.17) is 21.1 Å². The summed E-state index contributed by atoms with van der Waals surface area (Å²) < 4.78 is 12.8. The second-order valence-electron chi connectivity index (χ2n) is 8.28. The van der Waals surface area contributed by atoms with Crippen molar-refractivity contribution in [2.75, 3.05) is 25.3 Å². The molecule has 0 saturated heterocycles. The maximum Gasteiger partial charge on any atom is 0.236 e. The Morgan fingerprint density at radius 1 is 1.00 bits per heavy atom. The van der Waals surface area contributed by atoms with Crippen LogP contribution in [0.4, 0.5) is 5.13 Å². The predicted molar refractivity (Wildman–Crippen MR) is 156 cm³/mol. The summed E-state index contributed by atoms with van der Waals surface area (Å²) in [5.74, 6) is 1.78. The minimum Gasteiger partial charge on any atom is -0.493 e. The zero-order chi connectivity index (χ0) is 27.2. The number of rotatable bonds is 10. The molecule has 0 aliphatic heterocycles. The number of carbonyl (C=O) groups excluding carboxylic acids is 1. The molecule has 39 heavy (non-hydrogen) atoms. The summed E-state index contributed by atoms with van der Waals surface area (Å²) in [6, 6.07) is 23.0. The minimum absolute atomic E-state index is 0.135. The monoisotopic (exact) mass is 577 g/mol. The Labute approximate surface area is 239 Å². The van der Waals surface area contributed by atoms with Gasteiger partial charge in [0, 0.05) is 33.8 Å². The largest absolute Gasteiger partial charge is 0.493 e. The molecular formula is C28H24ClN5O3S2. The first-order valence-corrected chi connectivity index (χ1v) is 14.1. The SMILES string of the molecule is COc1ccc(-c2nnc(SCC(=O)Nc3ncc(Cc4ccccc4Cl)s3)n2-c2ccccc2)cc1OC. The van der Waals surface area contributed by atoms with Gasteiger partial charge in [0.2, 0.25) is 5.91 Å². The third-order valence-electron chi connectivity index (χ3n) is 5.74. The van der Waals surface area contributed by atoms with Crippen LogP contribution in [0.3, 0.4) is 0 Å². The Balaban J connectivity index is 1.32. The molecule has 3 aromatic carbocycles. The average molecular weight is 578 g/mol. The summed E-state index contributed by atoms with van der Waals surface area (Å²) in [5.41, 5.74) is 2.69. The molecular weight excluding hydrogens is 554 g/mol. The van der Waals surface area contributed by atoms with Crippen LogP contribution in [0, 0.1) is 0 Å². The van der Waals surface area contributed by atoms with Gasteiger partial charge in [-0.05, 0) is 42.0 Å². The fourth-order valence-electron chi connectivity index (χ4n) is 3.90. The number of hydrogen-bond donors (Lipinski definition) is 1. The van der Waals surface area contributed by atoms with Crippen molar-refractivity contribution in [2.24, 2.45) is 0 Å². The van der Waals surface area contributed by atoms with Crippen molar-refractivity contribution in [3.8, 4) is 28.6 Å². The van der Waals surface area contributed by atoms with Gasteiger partial charge in [0.1, 0.15) is 0 Å². The molecule has 5 aromatic rings. The van der Waals surface area contributed by atoms with Gasteiger partial charge in [-0.25, -0.2) is 4.98 Å². The molecule has 0 aliphatic rings. The number of para-hydroxylation sites is 1. The first kappa shape index (κ1) is 26.7. The molecule has 0 saturated carbocycles. The Bertz CT molecular complexity index is 1590. The van der Waals surface area contributed by atoms with Gasteiger partial charge in [0.15, 0.2) is 27.6 Å². The van der Waals surface area contributed by atoms with Gasteiger partial charge >= 0.3 is 0 Å². The van der Waals surface area contributed by atoms with Crippen LogP contribution in [0.5, 0.6) is 11.5 Å². The lowest BCUT2D eigenvalue weighted by Gasteiger charge is -2.12. The highest BCUT2D eigenvalue weighted by Crippen LogP contribution is 2.34. The lowest BCUT2D eigenvalue weighted by atomic mass is 10.1. The highest BCUT2D eigenvalue weighted by molar-refractivity contribution is 7.99. The Hall–Kier alpha value is -3.86. The van der Waals surface area contributed by atoms with Gasteiger partial charge in [-0.2, -0.15) is 0 Å². The normalized spacial score (nSPS) is 10.8. The lowest BCUT2D eigenvalue weighted by molar-refractivity contribution is -0.113. The summed E-state index contributed by atoms with van der Waals surface area (Å²) in [5, 5.41) is 13.6. The average Bonchev–Trinajstić information content (AvgIpc) is 3.60. The summed E-state index contributed by atoms with van der Waals surface area (Å²) in [6.07, 6.45) is 2.42. The van der Waals surface area contributed by atoms with Crippen molar-refractivity contribution in [1.29, 1.82) is 0 Å². The molecule has 0 spiro atoms. The topological polar surface area (TPSA) is 91.2 Å². The number of nitrogens with one attached hydrogen (secondary N) is 1. The Morgan fingerprint density at radius 2 is 1.77 bits per heavy atom. The van der Waals surface area contributed by atoms with E-state index >= 15 is 0 Å². The third kappa shape index (κ3) is 6.25. The number of thioether (sulfide) groups is 1. The molecule has 0 bridgehead atoms. The van der Waals surface area contributed by atoms with Crippen LogP contribution in [0.1, 0.15) is 10.4 Å². The van der Waals surface area contributed by atoms with E-state index in [1.54, 1.807) is 20.4 Å². The van der Waals surface area contributed by atoms with Crippen molar-refractivity contribution in [3.63, 3.8) is 0 Å². The van der Waals surface area contributed by atoms with Crippen molar-refractivity contribution in [3.05, 3.63) is 94.5 Å². The Morgan fingerprint density at radius 3 is 2.54 bits per heavy atom. The fraction of sp³-hybridized carbons (Fsp3) is 0.143. The maximum absolute atomic E-state index is 12.8. The van der Waals surface area contributed by atoms with Crippen LogP contribution in [0.15, 0.2) is 84.1 Å². The Kier molecular flexibility index (Phi) is 8.45. The van der Waals surface area contributed by atoms with Crippen molar-refractivity contribution < 1.29 is 14.3 Å². The number of benzene rings is 3. The van der Waals surface area contributed by atoms with Crippen LogP contribution in [0.25, 0.3) is 17.1 Å². The number of nitrogens with zero attached hydrogens (tertiary/aromatic N) is 4. The number of thiazole rings is 1. The van der Waals surface area contributed by atoms with Gasteiger partial charge in [0.05, 0.1) is 20.0 Å². The standard InChI is InChI=1S/C28H24ClN5O3S2/c1-36-23-13-12-19(15-24(23)37-2)26-32-33-28(34(26)20-9-4-3-5-10-20)38-17-25(35)31-27-30-16-21(39-27)14-18-8-6-7-11-22(18)29/h3-13,15-16H,14,17H2,1-2H3,(H,30,31,35). The summed E-state index contributed by atoms with van der Waals surface area (Å²) in [6.45, 7) is 0. The molecule has 198 valence electrons. The van der Waals surface area contributed by atoms with E-state index in [1.807, 2.05) is 77.4 Å². The number of halogens is 1. The fourth-order valence-corrected chi connectivity index (χ4v) is 5.70. The number of hydrogen-bond acceptors (Lipinski definition) is 8. The van der Waals surface area contributed by atoms with E-state index in [0.717, 1.165) is 21.7 Å². The molecule has 0 fully saturated rings. The summed E-state index contributed by atoms with van der Waals surface area (Å²) in [4.78, 5) is 18.2. The zero-order valence-electron chi connectivity index (χ0n) is 21.1. The molecule has 0 atom stereocenters. The first-order chi connectivity index (χ1) is 19.1. The highest BCUT2D eigenvalue weighted by atomic mass is 35.5. The molecule has 1 N–H and O–H groups in total. The molecule has 1 amide bonds. The van der Waals surface area contributed by atoms with Crippen LogP contribution in [-0.2, 0) is 11.2 Å². The summed E-state index contributed by atoms with van der Waals surface area (Å²) >= 11 is 9.00. The molecule has 5 rings (SSSR count). The first-order valence-electron chi connectivity index (χ1n) is 11.9. The number of methoxy groups -OCH3 is 2. The van der Waals surface area contributed by atoms with Gasteiger partial charge in [-0.15, -0.1) is 21.5 Å². The quantitative estimate of drug-likeness (QED) is 0.192. The van der Waals surface area contributed by atoms with Gasteiger partial charge in [-0.1, -0.05) is 59.8 Å². The lowest BCUT2D eigenvalue weighted by Crippen LogP contribution is -2.14. The molecule has 8 nitrogen and oxygen atoms in total. The molecule has 2 heterocycles. The molecule has 2 aromatic heterocycles. The van der Waals surface area contributed by atoms with Crippen LogP contribution < -0.4 is 14.8 Å². The van der Waals surface area contributed by atoms with Crippen molar-refractivity contribution in [1.82, 2.24) is 19.7 Å². The highest BCUT2D eigenvalue weighted by Gasteiger charge is 2.19. The second-order valence-corrected chi connectivity index (χ2v) is 10.7. The van der Waals surface area contributed by atoms with E-state index in [2.05, 4.69) is 20.5 Å². The number of carbonyl (C=O) groups is 1. The minimum atomic E-state index is -0.186. The van der Waals surface area contributed by atoms with Gasteiger partial charge < -0.3 is 14.8 Å². The van der Waals surface area contributed by atoms with E-state index in [1.165, 1.54) is 23.1 Å². The maximum atomic E-state index is 12.8. The van der Waals surface area contributed by atoms with E-state index in [-0.39, 0.29) is 11.7 Å². The van der Waals surface area contributed by atoms with Crippen LogP contribution >= 0.6 is 34.7 Å². The van der Waals surface area contributed by atoms with E-state index < -0.39 is 0 Å². The van der Waals surface area contributed by atoms with E-state index in [9.17, 15) is 4.79 Å². The number of amides is 1. The van der Waals surface area contributed by atoms with Crippen molar-refractivity contribution >= 4 is 45.7 Å². The molecule has 0 unspecified atom stereocenters. The zero-order valence-corrected chi connectivity index (χ0v) is 23.5. The molecule has 11 heteroatoms. The third-order valence-corrected chi connectivity index (χ3v) is 7.95. The molecule has 0 aliphatic carbocycles. The van der Waals surface area contributed by atoms with Gasteiger partial charge in [0.25, 0.3) is 0 Å². The predicted octanol–water partition coefficient (Wildman–Crippen LogP) is 6.38. The summed E-state index contributed by atoms with van der Waals surface area (Å²) in [7, 11) is 3.18. The van der Waals surface area contributed by atoms with E-state index in [0.29, 0.717) is 39.1 Å². The number of ether oxygens (including phenoxy) is 2. The smallest absolute Gasteiger partial charge is 0.236 e. The second kappa shape index (κ2) is 12.3. The van der Waals surface area contributed by atoms with Crippen LogP contribution in [0.2, 0.25) is 5.02 Å². The van der Waals surface area contributed by atoms with Crippen LogP contribution in [-0.4, -0.2) is 45.6 Å². The van der Waals surface area contributed by atoms with Gasteiger partial charge in [-0.3, -0.25) is 9.36 Å². The number of anilines is 1.